The van der Waals surface area contributed by atoms with Crippen LogP contribution in [0.4, 0.5) is 0 Å². The summed E-state index contributed by atoms with van der Waals surface area (Å²) in [6.07, 6.45) is 5.91. The molecule has 1 aliphatic heterocycles. The standard InChI is InChI=1S/C45H70N12O15/c1-2-3-4-5-6-7-8-9-10-11-16-49-39(66)31-21-37(64)52-32(23-58)44(71)53-27(17-25-12-14-26(60)15-13-25)41(68)54-28(18-34(46)61)40(67)50-22-38(65)51-29(19-35(47)62)42(69)57-33(24-59)45(72)55-30(20-36(48)63)43(70)56-31/h12-15,27-33,58-60H,2-11,16-24H2,1H3,(H2,46,61)(H2,47,62)(H2,48,63)(H,49,66)(H,50,67)(H,51,65)(H,52,64)(H,53,71)(H,54,68)(H,55,72)(H,56,70)(H,57,69)/t27-,28-,29+,30+,31-,32+,33+/m1/s1. The number of aromatic hydroxyl groups is 1. The Kier molecular flexibility index (Phi) is 27.4. The van der Waals surface area contributed by atoms with Crippen molar-refractivity contribution < 1.29 is 72.9 Å². The van der Waals surface area contributed by atoms with Gasteiger partial charge in [0.25, 0.3) is 0 Å². The fourth-order valence-corrected chi connectivity index (χ4v) is 7.19. The molecule has 1 heterocycles. The maximum atomic E-state index is 13.9. The largest absolute Gasteiger partial charge is 0.508 e. The van der Waals surface area contributed by atoms with Crippen LogP contribution in [0.3, 0.4) is 0 Å². The quantitative estimate of drug-likeness (QED) is 0.0482. The van der Waals surface area contributed by atoms with Gasteiger partial charge in [-0.05, 0) is 24.1 Å². The molecule has 0 spiro atoms. The third kappa shape index (κ3) is 23.5. The van der Waals surface area contributed by atoms with Gasteiger partial charge in [0, 0.05) is 13.0 Å². The number of hydrogen-bond donors (Lipinski definition) is 15. The maximum Gasteiger partial charge on any atom is 0.245 e. The predicted molar refractivity (Wildman–Crippen MR) is 253 cm³/mol. The fourth-order valence-electron chi connectivity index (χ4n) is 7.19. The van der Waals surface area contributed by atoms with Crippen molar-refractivity contribution in [2.75, 3.05) is 26.3 Å². The van der Waals surface area contributed by atoms with Gasteiger partial charge in [-0.15, -0.1) is 0 Å². The van der Waals surface area contributed by atoms with E-state index in [1.165, 1.54) is 37.1 Å². The van der Waals surface area contributed by atoms with E-state index >= 15 is 0 Å². The monoisotopic (exact) mass is 1020 g/mol. The highest BCUT2D eigenvalue weighted by Crippen LogP contribution is 2.13. The van der Waals surface area contributed by atoms with Crippen molar-refractivity contribution in [2.45, 2.75) is 146 Å². The van der Waals surface area contributed by atoms with Gasteiger partial charge in [0.1, 0.15) is 48.0 Å². The van der Waals surface area contributed by atoms with Crippen LogP contribution in [0.15, 0.2) is 24.3 Å². The molecule has 7 atom stereocenters. The summed E-state index contributed by atoms with van der Waals surface area (Å²) < 4.78 is 0. The SMILES string of the molecule is CCCCCCCCCCCCNC(=O)[C@H]1CC(=O)N[C@@H](CO)C(=O)N[C@H](Cc2ccc(O)cc2)C(=O)N[C@H](CC(N)=O)C(=O)NCC(=O)N[C@@H](CC(N)=O)C(=O)N[C@@H](CO)C(=O)N[C@@H](CC(N)=O)C(=O)N1. The zero-order valence-corrected chi connectivity index (χ0v) is 40.3. The molecule has 1 saturated heterocycles. The van der Waals surface area contributed by atoms with Crippen LogP contribution in [0.25, 0.3) is 0 Å². The highest BCUT2D eigenvalue weighted by Gasteiger charge is 2.35. The minimum absolute atomic E-state index is 0.0912. The Hall–Kier alpha value is -7.42. The van der Waals surface area contributed by atoms with Gasteiger partial charge in [-0.1, -0.05) is 76.8 Å². The van der Waals surface area contributed by atoms with Crippen LogP contribution >= 0.6 is 0 Å². The lowest BCUT2D eigenvalue weighted by atomic mass is 10.0. The van der Waals surface area contributed by atoms with Crippen molar-refractivity contribution in [3.05, 3.63) is 29.8 Å². The molecular weight excluding hydrogens is 949 g/mol. The summed E-state index contributed by atoms with van der Waals surface area (Å²) >= 11 is 0. The lowest BCUT2D eigenvalue weighted by Gasteiger charge is -2.26. The van der Waals surface area contributed by atoms with Crippen molar-refractivity contribution in [1.29, 1.82) is 0 Å². The lowest BCUT2D eigenvalue weighted by molar-refractivity contribution is -0.137. The first-order chi connectivity index (χ1) is 34.2. The number of carbonyl (C=O) groups excluding carboxylic acids is 12. The van der Waals surface area contributed by atoms with Gasteiger partial charge >= 0.3 is 0 Å². The number of amides is 12. The summed E-state index contributed by atoms with van der Waals surface area (Å²) in [6.45, 7) is -1.03. The third-order valence-electron chi connectivity index (χ3n) is 11.1. The average Bonchev–Trinajstić information content (AvgIpc) is 3.31. The van der Waals surface area contributed by atoms with Gasteiger partial charge in [0.05, 0.1) is 45.4 Å². The van der Waals surface area contributed by atoms with Gasteiger partial charge in [0.2, 0.25) is 70.9 Å². The average molecular weight is 1020 g/mol. The second-order valence-electron chi connectivity index (χ2n) is 17.2. The lowest BCUT2D eigenvalue weighted by Crippen LogP contribution is -2.60. The van der Waals surface area contributed by atoms with E-state index in [0.29, 0.717) is 12.0 Å². The van der Waals surface area contributed by atoms with E-state index < -0.39 is 159 Å². The van der Waals surface area contributed by atoms with Crippen molar-refractivity contribution in [3.63, 3.8) is 0 Å². The second-order valence-corrected chi connectivity index (χ2v) is 17.2. The summed E-state index contributed by atoms with van der Waals surface area (Å²) in [4.78, 5) is 158. The topological polar surface area (TPSA) is 452 Å². The smallest absolute Gasteiger partial charge is 0.245 e. The number of hydrogen-bond acceptors (Lipinski definition) is 15. The van der Waals surface area contributed by atoms with Crippen LogP contribution in [0.5, 0.6) is 5.75 Å². The number of nitrogens with two attached hydrogens (primary N) is 3. The molecule has 2 rings (SSSR count). The summed E-state index contributed by atoms with van der Waals surface area (Å²) in [7, 11) is 0. The minimum Gasteiger partial charge on any atom is -0.508 e. The van der Waals surface area contributed by atoms with Crippen molar-refractivity contribution in [3.8, 4) is 5.75 Å². The van der Waals surface area contributed by atoms with Crippen molar-refractivity contribution >= 4 is 70.9 Å². The number of aliphatic hydroxyl groups is 2. The summed E-state index contributed by atoms with van der Waals surface area (Å²) in [6, 6.07) is -7.58. The predicted octanol–water partition coefficient (Wildman–Crippen LogP) is -5.50. The zero-order chi connectivity index (χ0) is 53.8. The molecule has 1 aromatic carbocycles. The molecule has 0 radical (unpaired) electrons. The highest BCUT2D eigenvalue weighted by atomic mass is 16.3. The Morgan fingerprint density at radius 1 is 0.528 bits per heavy atom. The van der Waals surface area contributed by atoms with Crippen LogP contribution in [0.1, 0.15) is 102 Å². The number of nitrogens with one attached hydrogen (secondary N) is 9. The van der Waals surface area contributed by atoms with E-state index in [0.717, 1.165) is 44.9 Å². The number of carbonyl (C=O) groups is 12. The molecule has 0 aliphatic carbocycles. The highest BCUT2D eigenvalue weighted by molar-refractivity contribution is 6.00. The summed E-state index contributed by atoms with van der Waals surface area (Å²) in [5.41, 5.74) is 16.3. The van der Waals surface area contributed by atoms with E-state index in [4.69, 9.17) is 17.2 Å². The molecule has 12 amide bonds. The Bertz CT molecular complexity index is 2060. The molecule has 0 aromatic heterocycles. The fraction of sp³-hybridized carbons (Fsp3) is 0.600. The third-order valence-corrected chi connectivity index (χ3v) is 11.1. The Morgan fingerprint density at radius 2 is 0.931 bits per heavy atom. The van der Waals surface area contributed by atoms with E-state index in [9.17, 15) is 72.9 Å². The number of phenols is 1. The Morgan fingerprint density at radius 3 is 1.44 bits per heavy atom. The summed E-state index contributed by atoms with van der Waals surface area (Å²) in [5, 5.41) is 50.3. The zero-order valence-electron chi connectivity index (χ0n) is 40.3. The van der Waals surface area contributed by atoms with Gasteiger partial charge < -0.3 is 80.4 Å². The van der Waals surface area contributed by atoms with E-state index in [1.54, 1.807) is 0 Å². The van der Waals surface area contributed by atoms with Crippen molar-refractivity contribution in [2.24, 2.45) is 17.2 Å². The molecule has 1 aromatic rings. The van der Waals surface area contributed by atoms with Crippen LogP contribution in [-0.4, -0.2) is 155 Å². The first kappa shape index (κ1) is 60.7. The normalized spacial score (nSPS) is 22.4. The molecule has 0 bridgehead atoms. The maximum absolute atomic E-state index is 13.9. The van der Waals surface area contributed by atoms with Crippen LogP contribution in [-0.2, 0) is 64.0 Å². The molecule has 1 fully saturated rings. The molecular formula is C45H70N12O15. The number of primary amides is 3. The number of aliphatic hydroxyl groups excluding tert-OH is 2. The van der Waals surface area contributed by atoms with E-state index in [2.05, 4.69) is 54.8 Å². The number of phenolic OH excluding ortho intramolecular Hbond substituents is 1. The van der Waals surface area contributed by atoms with Crippen LogP contribution in [0.2, 0.25) is 0 Å². The molecule has 0 unspecified atom stereocenters. The molecule has 400 valence electrons. The Balaban J connectivity index is 2.58. The van der Waals surface area contributed by atoms with E-state index in [1.807, 2.05) is 0 Å². The van der Waals surface area contributed by atoms with Crippen molar-refractivity contribution in [1.82, 2.24) is 47.9 Å². The molecule has 1 aliphatic rings. The van der Waals surface area contributed by atoms with Crippen LogP contribution in [0, 0.1) is 0 Å². The van der Waals surface area contributed by atoms with E-state index in [-0.39, 0.29) is 18.7 Å². The number of benzene rings is 1. The number of rotatable bonds is 22. The molecule has 27 heteroatoms. The summed E-state index contributed by atoms with van der Waals surface area (Å²) in [5.74, 6) is -14.2. The number of unbranched alkanes of at least 4 members (excludes halogenated alkanes) is 9. The molecule has 27 nitrogen and oxygen atoms in total. The van der Waals surface area contributed by atoms with Gasteiger partial charge in [0.15, 0.2) is 0 Å². The first-order valence-corrected chi connectivity index (χ1v) is 23.7. The Labute approximate surface area is 415 Å². The first-order valence-electron chi connectivity index (χ1n) is 23.7. The molecule has 18 N–H and O–H groups in total. The van der Waals surface area contributed by atoms with Crippen LogP contribution < -0.4 is 65.1 Å². The van der Waals surface area contributed by atoms with Gasteiger partial charge in [-0.3, -0.25) is 57.5 Å². The van der Waals surface area contributed by atoms with Gasteiger partial charge in [-0.2, -0.15) is 0 Å². The minimum atomic E-state index is -1.95. The molecule has 0 saturated carbocycles. The van der Waals surface area contributed by atoms with Gasteiger partial charge in [-0.25, -0.2) is 0 Å². The molecule has 72 heavy (non-hydrogen) atoms. The second kappa shape index (κ2) is 32.5.